The van der Waals surface area contributed by atoms with Crippen molar-refractivity contribution >= 4 is 17.6 Å². The van der Waals surface area contributed by atoms with Crippen molar-refractivity contribution in [2.75, 3.05) is 11.9 Å². The summed E-state index contributed by atoms with van der Waals surface area (Å²) in [4.78, 5) is 19.9. The van der Waals surface area contributed by atoms with E-state index in [0.29, 0.717) is 18.8 Å². The van der Waals surface area contributed by atoms with Gasteiger partial charge in [-0.05, 0) is 20.3 Å². The molecule has 0 spiro atoms. The highest BCUT2D eigenvalue weighted by Gasteiger charge is 2.13. The smallest absolute Gasteiger partial charge is 0.307 e. The van der Waals surface area contributed by atoms with Crippen LogP contribution in [0.15, 0.2) is 12.4 Å². The maximum absolute atomic E-state index is 11.5. The molecule has 7 nitrogen and oxygen atoms in total. The molecule has 2 aromatic rings. The summed E-state index contributed by atoms with van der Waals surface area (Å²) < 4.78 is 6.57. The van der Waals surface area contributed by atoms with Gasteiger partial charge in [-0.2, -0.15) is 14.6 Å². The van der Waals surface area contributed by atoms with Crippen LogP contribution in [0, 0.1) is 0 Å². The topological polar surface area (TPSA) is 81.4 Å². The van der Waals surface area contributed by atoms with Gasteiger partial charge in [-0.3, -0.25) is 4.79 Å². The molecule has 20 heavy (non-hydrogen) atoms. The number of hydrogen-bond donors (Lipinski definition) is 1. The fraction of sp³-hybridized carbons (Fsp3) is 0.538. The summed E-state index contributed by atoms with van der Waals surface area (Å²) in [5.74, 6) is 1.11. The number of rotatable bonds is 6. The van der Waals surface area contributed by atoms with Crippen LogP contribution in [-0.4, -0.2) is 38.2 Å². The first-order valence-electron chi connectivity index (χ1n) is 6.75. The SMILES string of the molecule is CCOC(=O)CC(C)Nc1cc(CC)nc2ncnn12. The molecule has 0 aliphatic rings. The van der Waals surface area contributed by atoms with Crippen molar-refractivity contribution in [1.29, 1.82) is 0 Å². The number of anilines is 1. The molecule has 7 heteroatoms. The van der Waals surface area contributed by atoms with Crippen molar-refractivity contribution in [3.05, 3.63) is 18.1 Å². The van der Waals surface area contributed by atoms with E-state index in [1.807, 2.05) is 19.9 Å². The molecule has 0 radical (unpaired) electrons. The van der Waals surface area contributed by atoms with E-state index in [4.69, 9.17) is 4.74 Å². The van der Waals surface area contributed by atoms with Crippen molar-refractivity contribution in [1.82, 2.24) is 19.6 Å². The maximum Gasteiger partial charge on any atom is 0.307 e. The van der Waals surface area contributed by atoms with Crippen LogP contribution in [0.2, 0.25) is 0 Å². The number of ether oxygens (including phenoxy) is 1. The Morgan fingerprint density at radius 1 is 1.50 bits per heavy atom. The highest BCUT2D eigenvalue weighted by atomic mass is 16.5. The van der Waals surface area contributed by atoms with E-state index < -0.39 is 0 Å². The van der Waals surface area contributed by atoms with Crippen LogP contribution < -0.4 is 5.32 Å². The van der Waals surface area contributed by atoms with E-state index in [1.165, 1.54) is 6.33 Å². The Kier molecular flexibility index (Phi) is 4.49. The minimum Gasteiger partial charge on any atom is -0.466 e. The molecule has 0 aromatic carbocycles. The second-order valence-corrected chi connectivity index (χ2v) is 4.51. The third-order valence-corrected chi connectivity index (χ3v) is 2.84. The minimum absolute atomic E-state index is 0.0615. The van der Waals surface area contributed by atoms with Gasteiger partial charge in [0.2, 0.25) is 0 Å². The van der Waals surface area contributed by atoms with Gasteiger partial charge < -0.3 is 10.1 Å². The number of carbonyl (C=O) groups excluding carboxylic acids is 1. The highest BCUT2D eigenvalue weighted by molar-refractivity contribution is 5.70. The Labute approximate surface area is 117 Å². The molecule has 1 unspecified atom stereocenters. The van der Waals surface area contributed by atoms with Crippen molar-refractivity contribution < 1.29 is 9.53 Å². The van der Waals surface area contributed by atoms with E-state index in [0.717, 1.165) is 17.9 Å². The average molecular weight is 277 g/mol. The number of nitrogens with zero attached hydrogens (tertiary/aromatic N) is 4. The molecule has 1 atom stereocenters. The molecule has 0 aliphatic carbocycles. The van der Waals surface area contributed by atoms with Crippen LogP contribution in [0.5, 0.6) is 0 Å². The summed E-state index contributed by atoms with van der Waals surface area (Å²) >= 11 is 0. The van der Waals surface area contributed by atoms with Crippen LogP contribution >= 0.6 is 0 Å². The number of nitrogens with one attached hydrogen (secondary N) is 1. The fourth-order valence-corrected chi connectivity index (χ4v) is 1.92. The Hall–Kier alpha value is -2.18. The molecule has 0 saturated carbocycles. The molecular weight excluding hydrogens is 258 g/mol. The Morgan fingerprint density at radius 3 is 3.00 bits per heavy atom. The molecule has 0 amide bonds. The van der Waals surface area contributed by atoms with Crippen molar-refractivity contribution in [2.45, 2.75) is 39.7 Å². The van der Waals surface area contributed by atoms with E-state index in [-0.39, 0.29) is 12.0 Å². The number of aromatic nitrogens is 4. The lowest BCUT2D eigenvalue weighted by Crippen LogP contribution is -2.22. The standard InChI is InChI=1S/C13H19N5O2/c1-4-10-7-11(18-13(17-10)14-8-15-18)16-9(3)6-12(19)20-5-2/h7-9,16H,4-6H2,1-3H3. The predicted octanol–water partition coefficient (Wildman–Crippen LogP) is 1.44. The molecule has 0 fully saturated rings. The Bertz CT molecular complexity index is 595. The van der Waals surface area contributed by atoms with E-state index in [1.54, 1.807) is 11.4 Å². The van der Waals surface area contributed by atoms with E-state index in [9.17, 15) is 4.79 Å². The van der Waals surface area contributed by atoms with Crippen molar-refractivity contribution in [3.8, 4) is 0 Å². The van der Waals surface area contributed by atoms with Gasteiger partial charge in [0.15, 0.2) is 0 Å². The zero-order chi connectivity index (χ0) is 14.5. The molecule has 2 heterocycles. The molecule has 2 rings (SSSR count). The first-order valence-corrected chi connectivity index (χ1v) is 6.75. The lowest BCUT2D eigenvalue weighted by molar-refractivity contribution is -0.143. The summed E-state index contributed by atoms with van der Waals surface area (Å²) in [5.41, 5.74) is 0.927. The predicted molar refractivity (Wildman–Crippen MR) is 74.5 cm³/mol. The van der Waals surface area contributed by atoms with Gasteiger partial charge in [0, 0.05) is 17.8 Å². The third kappa shape index (κ3) is 3.23. The third-order valence-electron chi connectivity index (χ3n) is 2.84. The van der Waals surface area contributed by atoms with Gasteiger partial charge in [-0.25, -0.2) is 4.98 Å². The highest BCUT2D eigenvalue weighted by Crippen LogP contribution is 2.13. The van der Waals surface area contributed by atoms with Crippen LogP contribution in [-0.2, 0) is 16.0 Å². The van der Waals surface area contributed by atoms with E-state index >= 15 is 0 Å². The van der Waals surface area contributed by atoms with Crippen LogP contribution in [0.3, 0.4) is 0 Å². The van der Waals surface area contributed by atoms with Gasteiger partial charge in [0.05, 0.1) is 13.0 Å². The van der Waals surface area contributed by atoms with Crippen molar-refractivity contribution in [2.24, 2.45) is 0 Å². The molecule has 1 N–H and O–H groups in total. The molecule has 2 aromatic heterocycles. The van der Waals surface area contributed by atoms with Crippen LogP contribution in [0.1, 0.15) is 32.9 Å². The number of aryl methyl sites for hydroxylation is 1. The average Bonchev–Trinajstić information content (AvgIpc) is 2.86. The summed E-state index contributed by atoms with van der Waals surface area (Å²) in [6.45, 7) is 6.15. The number of fused-ring (bicyclic) bond motifs is 1. The second kappa shape index (κ2) is 6.31. The number of hydrogen-bond acceptors (Lipinski definition) is 6. The lowest BCUT2D eigenvalue weighted by Gasteiger charge is -2.15. The summed E-state index contributed by atoms with van der Waals surface area (Å²) in [6.07, 6.45) is 2.57. The van der Waals surface area contributed by atoms with Gasteiger partial charge in [0.25, 0.3) is 5.78 Å². The summed E-state index contributed by atoms with van der Waals surface area (Å²) in [7, 11) is 0. The zero-order valence-electron chi connectivity index (χ0n) is 12.0. The van der Waals surface area contributed by atoms with Crippen LogP contribution in [0.4, 0.5) is 5.82 Å². The van der Waals surface area contributed by atoms with Crippen molar-refractivity contribution in [3.63, 3.8) is 0 Å². The van der Waals surface area contributed by atoms with E-state index in [2.05, 4.69) is 20.4 Å². The Balaban J connectivity index is 2.15. The monoisotopic (exact) mass is 277 g/mol. The quantitative estimate of drug-likeness (QED) is 0.805. The van der Waals surface area contributed by atoms with Crippen LogP contribution in [0.25, 0.3) is 5.78 Å². The lowest BCUT2D eigenvalue weighted by atomic mass is 10.2. The summed E-state index contributed by atoms with van der Waals surface area (Å²) in [5, 5.41) is 7.38. The fourth-order valence-electron chi connectivity index (χ4n) is 1.92. The molecule has 0 aliphatic heterocycles. The number of carbonyl (C=O) groups is 1. The summed E-state index contributed by atoms with van der Waals surface area (Å²) in [6, 6.07) is 1.86. The van der Waals surface area contributed by atoms with Gasteiger partial charge >= 0.3 is 5.97 Å². The zero-order valence-corrected chi connectivity index (χ0v) is 12.0. The molecular formula is C13H19N5O2. The molecule has 108 valence electrons. The second-order valence-electron chi connectivity index (χ2n) is 4.51. The molecule has 0 bridgehead atoms. The normalized spacial score (nSPS) is 12.3. The van der Waals surface area contributed by atoms with Gasteiger partial charge in [-0.1, -0.05) is 6.92 Å². The first kappa shape index (κ1) is 14.2. The van der Waals surface area contributed by atoms with Gasteiger partial charge in [0.1, 0.15) is 12.1 Å². The number of esters is 1. The van der Waals surface area contributed by atoms with Gasteiger partial charge in [-0.15, -0.1) is 0 Å². The largest absolute Gasteiger partial charge is 0.466 e. The maximum atomic E-state index is 11.5. The Morgan fingerprint density at radius 2 is 2.30 bits per heavy atom. The minimum atomic E-state index is -0.216. The first-order chi connectivity index (χ1) is 9.63. The molecule has 0 saturated heterocycles.